The minimum absolute atomic E-state index is 0.205. The molecular formula is C45H65NO5. The molecule has 0 radical (unpaired) electrons. The minimum Gasteiger partial charge on any atom is -0.389 e. The fourth-order valence-electron chi connectivity index (χ4n) is 7.97. The van der Waals surface area contributed by atoms with Crippen LogP contribution in [0.1, 0.15) is 133 Å². The predicted octanol–water partition coefficient (Wildman–Crippen LogP) is 8.98. The minimum atomic E-state index is -2.49. The van der Waals surface area contributed by atoms with Gasteiger partial charge < -0.3 is 25.0 Å². The summed E-state index contributed by atoms with van der Waals surface area (Å²) in [4.78, 5) is 16.1. The number of rotatable bonds is 24. The van der Waals surface area contributed by atoms with Crippen molar-refractivity contribution in [2.24, 2.45) is 0 Å². The highest BCUT2D eigenvalue weighted by Crippen LogP contribution is 2.47. The molecule has 1 aliphatic rings. The van der Waals surface area contributed by atoms with E-state index in [4.69, 9.17) is 4.74 Å². The molecule has 280 valence electrons. The van der Waals surface area contributed by atoms with E-state index in [-0.39, 0.29) is 19.5 Å². The van der Waals surface area contributed by atoms with Crippen molar-refractivity contribution in [1.82, 2.24) is 4.90 Å². The van der Waals surface area contributed by atoms with E-state index in [0.717, 1.165) is 36.0 Å². The second kappa shape index (κ2) is 22.1. The van der Waals surface area contributed by atoms with Crippen molar-refractivity contribution in [2.45, 2.75) is 139 Å². The largest absolute Gasteiger partial charge is 0.389 e. The lowest BCUT2D eigenvalue weighted by molar-refractivity contribution is -0.194. The first kappa shape index (κ1) is 40.7. The van der Waals surface area contributed by atoms with Crippen LogP contribution in [0.2, 0.25) is 0 Å². The predicted molar refractivity (Wildman–Crippen MR) is 208 cm³/mol. The van der Waals surface area contributed by atoms with E-state index in [9.17, 15) is 20.1 Å². The monoisotopic (exact) mass is 699 g/mol. The molecule has 3 aromatic rings. The Hall–Kier alpha value is -3.03. The number of nitrogens with zero attached hydrogens (tertiary/aromatic N) is 1. The molecule has 3 unspecified atom stereocenters. The van der Waals surface area contributed by atoms with Gasteiger partial charge in [0.05, 0.1) is 24.7 Å². The van der Waals surface area contributed by atoms with Gasteiger partial charge in [0.1, 0.15) is 6.10 Å². The van der Waals surface area contributed by atoms with Gasteiger partial charge in [-0.05, 0) is 23.1 Å². The number of morpholine rings is 1. The summed E-state index contributed by atoms with van der Waals surface area (Å²) in [6.45, 7) is 3.52. The second-order valence-electron chi connectivity index (χ2n) is 14.6. The number of hydrogen-bond donors (Lipinski definition) is 3. The normalized spacial score (nSPS) is 16.0. The molecule has 6 nitrogen and oxygen atoms in total. The van der Waals surface area contributed by atoms with Crippen LogP contribution < -0.4 is 0 Å². The van der Waals surface area contributed by atoms with Crippen molar-refractivity contribution in [3.05, 3.63) is 108 Å². The number of aliphatic hydroxyl groups is 3. The summed E-state index contributed by atoms with van der Waals surface area (Å²) in [6.07, 6.45) is 16.8. The van der Waals surface area contributed by atoms with Crippen molar-refractivity contribution in [2.75, 3.05) is 26.3 Å². The van der Waals surface area contributed by atoms with E-state index >= 15 is 0 Å². The molecule has 0 spiro atoms. The van der Waals surface area contributed by atoms with Crippen LogP contribution in [-0.4, -0.2) is 70.2 Å². The van der Waals surface area contributed by atoms with Crippen LogP contribution in [0.3, 0.4) is 0 Å². The van der Waals surface area contributed by atoms with Crippen molar-refractivity contribution in [3.8, 4) is 0 Å². The number of aliphatic hydroxyl groups excluding tert-OH is 2. The number of hydrogen-bond acceptors (Lipinski definition) is 5. The van der Waals surface area contributed by atoms with Gasteiger partial charge >= 0.3 is 0 Å². The van der Waals surface area contributed by atoms with E-state index in [2.05, 4.69) is 6.92 Å². The van der Waals surface area contributed by atoms with Gasteiger partial charge in [-0.1, -0.05) is 201 Å². The average molecular weight is 700 g/mol. The highest BCUT2D eigenvalue weighted by Gasteiger charge is 2.60. The van der Waals surface area contributed by atoms with Crippen molar-refractivity contribution >= 4 is 5.91 Å². The maximum Gasteiger partial charge on any atom is 0.260 e. The number of unbranched alkanes of at least 4 members (excludes halogenated alkanes) is 15. The first-order chi connectivity index (χ1) is 25.0. The lowest BCUT2D eigenvalue weighted by atomic mass is 9.60. The molecule has 0 bridgehead atoms. The van der Waals surface area contributed by atoms with Crippen LogP contribution in [0.25, 0.3) is 0 Å². The third-order valence-corrected chi connectivity index (χ3v) is 11.0. The fraction of sp³-hybridized carbons (Fsp3) is 0.578. The highest BCUT2D eigenvalue weighted by atomic mass is 16.5. The molecule has 1 aliphatic heterocycles. The molecule has 1 saturated heterocycles. The van der Waals surface area contributed by atoms with E-state index in [0.29, 0.717) is 19.6 Å². The SMILES string of the molecule is CCCCCCCCCCCCCCCCCCC(O)C(O)(C(=O)N1CCOCC1)C(O)C(c1ccccc1)(c1ccccc1)c1ccccc1. The van der Waals surface area contributed by atoms with Crippen LogP contribution in [-0.2, 0) is 14.9 Å². The summed E-state index contributed by atoms with van der Waals surface area (Å²) in [6, 6.07) is 28.7. The van der Waals surface area contributed by atoms with Crippen molar-refractivity contribution in [1.29, 1.82) is 0 Å². The van der Waals surface area contributed by atoms with Gasteiger partial charge in [-0.15, -0.1) is 0 Å². The van der Waals surface area contributed by atoms with E-state index < -0.39 is 29.1 Å². The Morgan fingerprint density at radius 3 is 1.33 bits per heavy atom. The van der Waals surface area contributed by atoms with Gasteiger partial charge in [0.25, 0.3) is 5.91 Å². The standard InChI is InChI=1S/C45H65NO5/c1-2-3-4-5-6-7-8-9-10-11-12-13-14-15-16-26-33-41(47)45(50,43(49)46-34-36-51-37-35-46)42(48)44(38-27-20-17-21-28-38,39-29-22-18-23-30-39)40-31-24-19-25-32-40/h17-25,27-32,41-42,47-48,50H,2-16,26,33-37H2,1H3. The van der Waals surface area contributed by atoms with Gasteiger partial charge in [0, 0.05) is 13.1 Å². The Morgan fingerprint density at radius 2 is 0.961 bits per heavy atom. The average Bonchev–Trinajstić information content (AvgIpc) is 3.19. The van der Waals surface area contributed by atoms with Crippen molar-refractivity contribution in [3.63, 3.8) is 0 Å². The quantitative estimate of drug-likeness (QED) is 0.0642. The Kier molecular flexibility index (Phi) is 17.7. The summed E-state index contributed by atoms with van der Waals surface area (Å²) < 4.78 is 5.52. The molecule has 1 fully saturated rings. The maximum absolute atomic E-state index is 14.5. The Bertz CT molecular complexity index is 1250. The second-order valence-corrected chi connectivity index (χ2v) is 14.6. The van der Waals surface area contributed by atoms with Gasteiger partial charge in [0.15, 0.2) is 5.60 Å². The summed E-state index contributed by atoms with van der Waals surface area (Å²) in [5.74, 6) is -0.658. The Balaban J connectivity index is 1.44. The number of carbonyl (C=O) groups is 1. The fourth-order valence-corrected chi connectivity index (χ4v) is 7.97. The topological polar surface area (TPSA) is 90.2 Å². The van der Waals surface area contributed by atoms with Crippen LogP contribution in [0.15, 0.2) is 91.0 Å². The molecule has 1 heterocycles. The third kappa shape index (κ3) is 11.0. The first-order valence-electron chi connectivity index (χ1n) is 20.1. The van der Waals surface area contributed by atoms with E-state index in [1.54, 1.807) is 0 Å². The molecule has 6 heteroatoms. The first-order valence-corrected chi connectivity index (χ1v) is 20.1. The molecule has 1 amide bonds. The Labute approximate surface area is 308 Å². The molecule has 51 heavy (non-hydrogen) atoms. The van der Waals surface area contributed by atoms with Gasteiger partial charge in [-0.2, -0.15) is 0 Å². The maximum atomic E-state index is 14.5. The molecule has 0 saturated carbocycles. The van der Waals surface area contributed by atoms with Crippen LogP contribution >= 0.6 is 0 Å². The number of benzene rings is 3. The molecule has 0 aromatic heterocycles. The summed E-state index contributed by atoms with van der Waals surface area (Å²) in [5, 5.41) is 37.6. The molecule has 4 rings (SSSR count). The molecule has 3 N–H and O–H groups in total. The van der Waals surface area contributed by atoms with Gasteiger partial charge in [0.2, 0.25) is 0 Å². The number of carbonyl (C=O) groups excluding carboxylic acids is 1. The number of amides is 1. The summed E-state index contributed by atoms with van der Waals surface area (Å²) in [5.41, 5.74) is -1.70. The van der Waals surface area contributed by atoms with E-state index in [1.165, 1.54) is 81.9 Å². The Morgan fingerprint density at radius 1 is 0.608 bits per heavy atom. The van der Waals surface area contributed by atoms with Crippen LogP contribution in [0, 0.1) is 0 Å². The zero-order valence-corrected chi connectivity index (χ0v) is 31.3. The third-order valence-electron chi connectivity index (χ3n) is 11.0. The molecular weight excluding hydrogens is 634 g/mol. The summed E-state index contributed by atoms with van der Waals surface area (Å²) >= 11 is 0. The van der Waals surface area contributed by atoms with Crippen LogP contribution in [0.4, 0.5) is 0 Å². The van der Waals surface area contributed by atoms with E-state index in [1.807, 2.05) is 91.0 Å². The van der Waals surface area contributed by atoms with Crippen LogP contribution in [0.5, 0.6) is 0 Å². The highest BCUT2D eigenvalue weighted by molar-refractivity contribution is 5.87. The number of ether oxygens (including phenoxy) is 1. The molecule has 3 aromatic carbocycles. The summed E-state index contributed by atoms with van der Waals surface area (Å²) in [7, 11) is 0. The zero-order chi connectivity index (χ0) is 36.2. The van der Waals surface area contributed by atoms with Gasteiger partial charge in [-0.25, -0.2) is 0 Å². The van der Waals surface area contributed by atoms with Gasteiger partial charge in [-0.3, -0.25) is 4.79 Å². The lowest BCUT2D eigenvalue weighted by Gasteiger charge is -2.49. The molecule has 3 atom stereocenters. The lowest BCUT2D eigenvalue weighted by Crippen LogP contribution is -2.69. The smallest absolute Gasteiger partial charge is 0.260 e. The molecule has 0 aliphatic carbocycles. The zero-order valence-electron chi connectivity index (χ0n) is 31.3. The van der Waals surface area contributed by atoms with Crippen molar-refractivity contribution < 1.29 is 24.9 Å².